The van der Waals surface area contributed by atoms with E-state index in [0.29, 0.717) is 13.0 Å². The summed E-state index contributed by atoms with van der Waals surface area (Å²) in [6, 6.07) is 0. The molecule has 0 fully saturated rings. The lowest BCUT2D eigenvalue weighted by Gasteiger charge is -2.15. The Labute approximate surface area is 365 Å². The summed E-state index contributed by atoms with van der Waals surface area (Å²) in [5.41, 5.74) is 0. The first-order valence-electron chi connectivity index (χ1n) is 24.1. The number of rotatable bonds is 43. The number of carbonyl (C=O) groups is 1. The highest BCUT2D eigenvalue weighted by atomic mass is 16.6. The van der Waals surface area contributed by atoms with Crippen molar-refractivity contribution >= 4 is 5.97 Å². The van der Waals surface area contributed by atoms with Gasteiger partial charge in [0.05, 0.1) is 13.2 Å². The second-order valence-corrected chi connectivity index (χ2v) is 15.4. The van der Waals surface area contributed by atoms with Crippen LogP contribution in [0.3, 0.4) is 0 Å². The zero-order chi connectivity index (χ0) is 42.6. The number of ether oxygens (including phenoxy) is 2. The Kier molecular flexibility index (Phi) is 48.2. The number of esters is 1. The topological polar surface area (TPSA) is 55.8 Å². The third kappa shape index (κ3) is 49.1. The molecule has 0 amide bonds. The Hall–Kier alpha value is -3.21. The van der Waals surface area contributed by atoms with E-state index in [2.05, 4.69) is 135 Å². The first kappa shape index (κ1) is 55.8. The van der Waals surface area contributed by atoms with E-state index in [0.717, 1.165) is 103 Å². The summed E-state index contributed by atoms with van der Waals surface area (Å²) in [5, 5.41) is 9.64. The fourth-order valence-electron chi connectivity index (χ4n) is 6.26. The monoisotopic (exact) mass is 815 g/mol. The third-order valence-electron chi connectivity index (χ3n) is 9.78. The second-order valence-electron chi connectivity index (χ2n) is 15.4. The highest BCUT2D eigenvalue weighted by Crippen LogP contribution is 2.13. The molecule has 0 aromatic rings. The predicted molar refractivity (Wildman–Crippen MR) is 260 cm³/mol. The van der Waals surface area contributed by atoms with Gasteiger partial charge in [0, 0.05) is 13.0 Å². The minimum absolute atomic E-state index is 0.191. The zero-order valence-electron chi connectivity index (χ0n) is 38.2. The Balaban J connectivity index is 3.53. The quantitative estimate of drug-likeness (QED) is 0.0378. The van der Waals surface area contributed by atoms with E-state index in [1.165, 1.54) is 70.6 Å². The summed E-state index contributed by atoms with van der Waals surface area (Å²) in [5.74, 6) is -0.230. The summed E-state index contributed by atoms with van der Waals surface area (Å²) in [7, 11) is 0. The molecule has 0 radical (unpaired) electrons. The summed E-state index contributed by atoms with van der Waals surface area (Å²) < 4.78 is 11.2. The Morgan fingerprint density at radius 1 is 0.407 bits per heavy atom. The van der Waals surface area contributed by atoms with E-state index < -0.39 is 6.10 Å². The van der Waals surface area contributed by atoms with Gasteiger partial charge in [-0.1, -0.05) is 206 Å². The van der Waals surface area contributed by atoms with Crippen molar-refractivity contribution in [1.82, 2.24) is 0 Å². The van der Waals surface area contributed by atoms with Crippen molar-refractivity contribution in [1.29, 1.82) is 0 Å². The largest absolute Gasteiger partial charge is 0.457 e. The molecule has 0 aliphatic heterocycles. The highest BCUT2D eigenvalue weighted by molar-refractivity contribution is 5.69. The van der Waals surface area contributed by atoms with Gasteiger partial charge in [0.2, 0.25) is 0 Å². The molecule has 0 aromatic heterocycles. The molecule has 0 aromatic carbocycles. The highest BCUT2D eigenvalue weighted by Gasteiger charge is 2.13. The summed E-state index contributed by atoms with van der Waals surface area (Å²) in [4.78, 5) is 12.3. The molecule has 0 heterocycles. The van der Waals surface area contributed by atoms with Crippen LogP contribution in [0.25, 0.3) is 0 Å². The van der Waals surface area contributed by atoms with Crippen molar-refractivity contribution in [2.45, 2.75) is 200 Å². The molecule has 0 spiro atoms. The number of carbonyl (C=O) groups excluding carboxylic acids is 1. The van der Waals surface area contributed by atoms with E-state index in [4.69, 9.17) is 9.47 Å². The molecule has 0 rings (SSSR count). The number of unbranched alkanes of at least 4 members (excludes halogenated alkanes) is 15. The fraction of sp³-hybridized carbons (Fsp3) is 0.618. The van der Waals surface area contributed by atoms with Crippen LogP contribution in [0.5, 0.6) is 0 Å². The van der Waals surface area contributed by atoms with Gasteiger partial charge in [-0.25, -0.2) is 0 Å². The van der Waals surface area contributed by atoms with Gasteiger partial charge in [0.1, 0.15) is 6.10 Å². The van der Waals surface area contributed by atoms with Gasteiger partial charge in [0.15, 0.2) is 0 Å². The molecule has 4 heteroatoms. The third-order valence-corrected chi connectivity index (χ3v) is 9.78. The summed E-state index contributed by atoms with van der Waals surface area (Å²) in [6.45, 7) is 5.07. The zero-order valence-corrected chi connectivity index (χ0v) is 38.2. The Bertz CT molecular complexity index is 1180. The van der Waals surface area contributed by atoms with Gasteiger partial charge in [-0.15, -0.1) is 0 Å². The molecule has 0 aliphatic carbocycles. The van der Waals surface area contributed by atoms with Crippen molar-refractivity contribution in [3.8, 4) is 0 Å². The van der Waals surface area contributed by atoms with Crippen molar-refractivity contribution in [2.75, 3.05) is 19.8 Å². The molecule has 1 N–H and O–H groups in total. The molecule has 334 valence electrons. The SMILES string of the molecule is CC/C=C\C/C=C\C/C=C\C/C=C\C/C=C\C/C=C\CCCCCCC(=O)OC(CO)COCCCCCCCCCCCCC/C=C\C/C=C\C/C=C\C/C=C\CC. The average Bonchev–Trinajstić information content (AvgIpc) is 3.24. The van der Waals surface area contributed by atoms with E-state index >= 15 is 0 Å². The van der Waals surface area contributed by atoms with E-state index in [9.17, 15) is 9.90 Å². The number of aliphatic hydroxyl groups excluding tert-OH is 1. The van der Waals surface area contributed by atoms with Gasteiger partial charge in [-0.3, -0.25) is 4.79 Å². The van der Waals surface area contributed by atoms with Crippen molar-refractivity contribution in [3.63, 3.8) is 0 Å². The molecule has 1 atom stereocenters. The van der Waals surface area contributed by atoms with Crippen LogP contribution in [0, 0.1) is 0 Å². The molecule has 1 unspecified atom stereocenters. The molecule has 0 bridgehead atoms. The Morgan fingerprint density at radius 3 is 1.07 bits per heavy atom. The second kappa shape index (κ2) is 50.9. The van der Waals surface area contributed by atoms with Crippen molar-refractivity contribution < 1.29 is 19.4 Å². The van der Waals surface area contributed by atoms with Crippen LogP contribution in [0.1, 0.15) is 194 Å². The summed E-state index contributed by atoms with van der Waals surface area (Å²) >= 11 is 0. The van der Waals surface area contributed by atoms with Crippen LogP contribution in [-0.4, -0.2) is 37.0 Å². The molecule has 4 nitrogen and oxygen atoms in total. The molecule has 0 saturated carbocycles. The van der Waals surface area contributed by atoms with E-state index in [1.807, 2.05) is 0 Å². The average molecular weight is 815 g/mol. The van der Waals surface area contributed by atoms with Gasteiger partial charge in [0.25, 0.3) is 0 Å². The first-order valence-corrected chi connectivity index (χ1v) is 24.1. The van der Waals surface area contributed by atoms with Crippen LogP contribution in [0.15, 0.2) is 122 Å². The first-order chi connectivity index (χ1) is 29.2. The minimum atomic E-state index is -0.560. The Morgan fingerprint density at radius 2 is 0.712 bits per heavy atom. The smallest absolute Gasteiger partial charge is 0.306 e. The maximum Gasteiger partial charge on any atom is 0.306 e. The van der Waals surface area contributed by atoms with Crippen LogP contribution in [-0.2, 0) is 14.3 Å². The van der Waals surface area contributed by atoms with E-state index in [-0.39, 0.29) is 19.2 Å². The molecule has 0 aliphatic rings. The van der Waals surface area contributed by atoms with Gasteiger partial charge < -0.3 is 14.6 Å². The van der Waals surface area contributed by atoms with Gasteiger partial charge in [-0.2, -0.15) is 0 Å². The van der Waals surface area contributed by atoms with Crippen molar-refractivity contribution in [2.24, 2.45) is 0 Å². The van der Waals surface area contributed by atoms with E-state index in [1.54, 1.807) is 0 Å². The van der Waals surface area contributed by atoms with Crippen molar-refractivity contribution in [3.05, 3.63) is 122 Å². The number of aliphatic hydroxyl groups is 1. The number of hydrogen-bond donors (Lipinski definition) is 1. The van der Waals surface area contributed by atoms with Crippen LogP contribution < -0.4 is 0 Å². The number of hydrogen-bond acceptors (Lipinski definition) is 4. The standard InChI is InChI=1S/C55H90O4/c1-3-5-7-9-11-13-15-17-19-21-23-25-27-29-31-33-35-37-39-41-43-45-47-49-51-58-53-54(52-56)59-55(57)50-48-46-44-42-40-38-36-34-32-30-28-26-24-22-20-18-16-14-12-10-8-6-4-2/h5-8,11-14,17-20,23-26,30,32,36,38,54,56H,3-4,9-10,15-16,21-22,27-29,31,33-35,37,39-53H2,1-2H3/b7-5-,8-6-,13-11-,14-12-,19-17-,20-18-,25-23-,26-24-,32-30-,38-36-. The van der Waals surface area contributed by atoms with Gasteiger partial charge >= 0.3 is 5.97 Å². The molecule has 59 heavy (non-hydrogen) atoms. The maximum absolute atomic E-state index is 12.3. The van der Waals surface area contributed by atoms with Gasteiger partial charge in [-0.05, 0) is 103 Å². The lowest BCUT2D eigenvalue weighted by atomic mass is 10.1. The molecular weight excluding hydrogens is 725 g/mol. The maximum atomic E-state index is 12.3. The number of allylic oxidation sites excluding steroid dienone is 20. The lowest BCUT2D eigenvalue weighted by Crippen LogP contribution is -2.27. The molecule has 0 saturated heterocycles. The summed E-state index contributed by atoms with van der Waals surface area (Å²) in [6.07, 6.45) is 75.6. The molecular formula is C55H90O4. The normalized spacial score (nSPS) is 13.5. The van der Waals surface area contributed by atoms with Crippen LogP contribution in [0.4, 0.5) is 0 Å². The predicted octanol–water partition coefficient (Wildman–Crippen LogP) is 16.4. The van der Waals surface area contributed by atoms with Crippen LogP contribution in [0.2, 0.25) is 0 Å². The van der Waals surface area contributed by atoms with Crippen LogP contribution >= 0.6 is 0 Å². The minimum Gasteiger partial charge on any atom is -0.457 e. The fourth-order valence-corrected chi connectivity index (χ4v) is 6.26. The lowest BCUT2D eigenvalue weighted by molar-refractivity contribution is -0.154.